The van der Waals surface area contributed by atoms with Crippen LogP contribution in [0.25, 0.3) is 0 Å². The number of carbonyl (C=O) groups is 1. The van der Waals surface area contributed by atoms with Gasteiger partial charge in [0.2, 0.25) is 5.91 Å². The van der Waals surface area contributed by atoms with E-state index in [1.54, 1.807) is 6.20 Å². The number of nitrogens with zero attached hydrogens (tertiary/aromatic N) is 6. The smallest absolute Gasteiger partial charge is 0.248 e. The van der Waals surface area contributed by atoms with E-state index < -0.39 is 0 Å². The van der Waals surface area contributed by atoms with Crippen molar-refractivity contribution < 1.29 is 9.53 Å². The molecule has 0 aromatic carbocycles. The van der Waals surface area contributed by atoms with Crippen LogP contribution in [-0.4, -0.2) is 60.9 Å². The summed E-state index contributed by atoms with van der Waals surface area (Å²) in [5.41, 5.74) is 0. The van der Waals surface area contributed by atoms with E-state index in [4.69, 9.17) is 4.74 Å². The van der Waals surface area contributed by atoms with Gasteiger partial charge in [-0.25, -0.2) is 4.98 Å². The quantitative estimate of drug-likeness (QED) is 0.743. The molecule has 0 bridgehead atoms. The predicted octanol–water partition coefficient (Wildman–Crippen LogP) is 1.99. The number of rotatable bonds is 7. The predicted molar refractivity (Wildman–Crippen MR) is 99.3 cm³/mol. The highest BCUT2D eigenvalue weighted by atomic mass is 16.5. The average Bonchev–Trinajstić information content (AvgIpc) is 3.21. The fourth-order valence-corrected chi connectivity index (χ4v) is 3.71. The van der Waals surface area contributed by atoms with Crippen LogP contribution in [0, 0.1) is 0 Å². The first-order valence-corrected chi connectivity index (χ1v) is 9.90. The van der Waals surface area contributed by atoms with Crippen molar-refractivity contribution in [3.05, 3.63) is 30.4 Å². The molecular formula is C19H28N6O2. The average molecular weight is 372 g/mol. The molecule has 8 nitrogen and oxygen atoms in total. The summed E-state index contributed by atoms with van der Waals surface area (Å²) in [6, 6.07) is 0.535. The van der Waals surface area contributed by atoms with Crippen molar-refractivity contribution in [1.82, 2.24) is 29.2 Å². The lowest BCUT2D eigenvalue weighted by Gasteiger charge is -2.32. The Labute approximate surface area is 159 Å². The lowest BCUT2D eigenvalue weighted by molar-refractivity contribution is -0.138. The largest absolute Gasteiger partial charge is 0.369 e. The Balaban J connectivity index is 1.41. The van der Waals surface area contributed by atoms with E-state index in [1.807, 2.05) is 35.8 Å². The fraction of sp³-hybridized carbons (Fsp3) is 0.684. The number of hydrogen-bond acceptors (Lipinski definition) is 5. The summed E-state index contributed by atoms with van der Waals surface area (Å²) in [6.07, 6.45) is 9.90. The summed E-state index contributed by atoms with van der Waals surface area (Å²) < 4.78 is 9.84. The van der Waals surface area contributed by atoms with Crippen LogP contribution in [0.1, 0.15) is 63.1 Å². The molecule has 2 aromatic rings. The molecule has 27 heavy (non-hydrogen) atoms. The van der Waals surface area contributed by atoms with E-state index in [1.165, 1.54) is 12.8 Å². The van der Waals surface area contributed by atoms with Crippen molar-refractivity contribution in [2.75, 3.05) is 19.7 Å². The third-order valence-electron chi connectivity index (χ3n) is 5.34. The number of hydrogen-bond donors (Lipinski definition) is 0. The van der Waals surface area contributed by atoms with Gasteiger partial charge in [0.25, 0.3) is 0 Å². The summed E-state index contributed by atoms with van der Waals surface area (Å²) in [6.45, 7) is 6.30. The molecule has 2 aliphatic rings. The Hall–Kier alpha value is -2.22. The van der Waals surface area contributed by atoms with Crippen LogP contribution >= 0.6 is 0 Å². The van der Waals surface area contributed by atoms with Crippen LogP contribution in [0.3, 0.4) is 0 Å². The van der Waals surface area contributed by atoms with Crippen molar-refractivity contribution in [2.24, 2.45) is 0 Å². The van der Waals surface area contributed by atoms with Crippen LogP contribution in [-0.2, 0) is 16.1 Å². The molecule has 1 saturated carbocycles. The van der Waals surface area contributed by atoms with Crippen molar-refractivity contribution >= 4 is 5.91 Å². The molecule has 0 N–H and O–H groups in total. The van der Waals surface area contributed by atoms with E-state index >= 15 is 0 Å². The van der Waals surface area contributed by atoms with Gasteiger partial charge in [0.15, 0.2) is 5.82 Å². The molecule has 2 fully saturated rings. The first-order chi connectivity index (χ1) is 13.1. The maximum atomic E-state index is 12.3. The summed E-state index contributed by atoms with van der Waals surface area (Å²) >= 11 is 0. The normalized spacial score (nSPS) is 18.4. The first kappa shape index (κ1) is 18.2. The fourth-order valence-electron chi connectivity index (χ4n) is 3.71. The highest BCUT2D eigenvalue weighted by Gasteiger charge is 2.34. The van der Waals surface area contributed by atoms with Crippen molar-refractivity contribution in [3.63, 3.8) is 0 Å². The molecule has 0 atom stereocenters. The van der Waals surface area contributed by atoms with Gasteiger partial charge in [0, 0.05) is 37.4 Å². The van der Waals surface area contributed by atoms with Gasteiger partial charge in [0.05, 0.1) is 19.0 Å². The Morgan fingerprint density at radius 2 is 2.00 bits per heavy atom. The molecule has 2 aromatic heterocycles. The van der Waals surface area contributed by atoms with E-state index in [9.17, 15) is 4.79 Å². The molecule has 146 valence electrons. The molecule has 0 spiro atoms. The third kappa shape index (κ3) is 4.21. The monoisotopic (exact) mass is 372 g/mol. The first-order valence-electron chi connectivity index (χ1n) is 9.90. The maximum Gasteiger partial charge on any atom is 0.248 e. The topological polar surface area (TPSA) is 78.1 Å². The summed E-state index contributed by atoms with van der Waals surface area (Å²) in [7, 11) is 0. The second kappa shape index (κ2) is 7.80. The van der Waals surface area contributed by atoms with Crippen LogP contribution in [0.4, 0.5) is 0 Å². The van der Waals surface area contributed by atoms with Crippen LogP contribution in [0.5, 0.6) is 0 Å². The van der Waals surface area contributed by atoms with Crippen molar-refractivity contribution in [1.29, 1.82) is 0 Å². The van der Waals surface area contributed by atoms with Gasteiger partial charge >= 0.3 is 0 Å². The van der Waals surface area contributed by atoms with E-state index in [0.29, 0.717) is 18.5 Å². The Morgan fingerprint density at radius 3 is 2.63 bits per heavy atom. The van der Waals surface area contributed by atoms with E-state index in [-0.39, 0.29) is 18.6 Å². The second-order valence-electron chi connectivity index (χ2n) is 7.83. The van der Waals surface area contributed by atoms with Gasteiger partial charge < -0.3 is 18.8 Å². The molecule has 3 heterocycles. The SMILES string of the molecule is CC(C)OCC(=O)N1CCC(c2nnc(Cn3ccnc3)n2C2CC2)CC1. The lowest BCUT2D eigenvalue weighted by atomic mass is 9.95. The van der Waals surface area contributed by atoms with Gasteiger partial charge in [0.1, 0.15) is 12.4 Å². The summed E-state index contributed by atoms with van der Waals surface area (Å²) in [5, 5.41) is 9.06. The lowest BCUT2D eigenvalue weighted by Crippen LogP contribution is -2.40. The molecule has 1 aliphatic heterocycles. The molecule has 1 saturated heterocycles. The number of ether oxygens (including phenoxy) is 1. The zero-order valence-electron chi connectivity index (χ0n) is 16.1. The van der Waals surface area contributed by atoms with Crippen LogP contribution in [0.2, 0.25) is 0 Å². The molecular weight excluding hydrogens is 344 g/mol. The number of carbonyl (C=O) groups excluding carboxylic acids is 1. The Morgan fingerprint density at radius 1 is 1.22 bits per heavy atom. The van der Waals surface area contributed by atoms with Crippen LogP contribution in [0.15, 0.2) is 18.7 Å². The summed E-state index contributed by atoms with van der Waals surface area (Å²) in [5.74, 6) is 2.56. The number of imidazole rings is 1. The standard InChI is InChI=1S/C19H28N6O2/c1-14(2)27-12-18(26)24-8-5-15(6-9-24)19-22-21-17(25(19)16-3-4-16)11-23-10-7-20-13-23/h7,10,13-16H,3-6,8-9,11-12H2,1-2H3. The number of likely N-dealkylation sites (tertiary alicyclic amines) is 1. The van der Waals surface area contributed by atoms with E-state index in [0.717, 1.165) is 37.6 Å². The van der Waals surface area contributed by atoms with Gasteiger partial charge in [-0.1, -0.05) is 0 Å². The van der Waals surface area contributed by atoms with Crippen LogP contribution < -0.4 is 0 Å². The molecule has 1 amide bonds. The van der Waals surface area contributed by atoms with Gasteiger partial charge in [-0.3, -0.25) is 4.79 Å². The Bertz CT molecular complexity index is 757. The maximum absolute atomic E-state index is 12.3. The van der Waals surface area contributed by atoms with Crippen molar-refractivity contribution in [3.8, 4) is 0 Å². The third-order valence-corrected chi connectivity index (χ3v) is 5.34. The minimum Gasteiger partial charge on any atom is -0.369 e. The zero-order chi connectivity index (χ0) is 18.8. The van der Waals surface area contributed by atoms with Gasteiger partial charge in [-0.15, -0.1) is 10.2 Å². The minimum atomic E-state index is 0.0810. The molecule has 1 aliphatic carbocycles. The minimum absolute atomic E-state index is 0.0810. The summed E-state index contributed by atoms with van der Waals surface area (Å²) in [4.78, 5) is 18.3. The van der Waals surface area contributed by atoms with Gasteiger partial charge in [-0.2, -0.15) is 0 Å². The number of piperidine rings is 1. The Kier molecular flexibility index (Phi) is 5.24. The highest BCUT2D eigenvalue weighted by molar-refractivity contribution is 5.77. The zero-order valence-corrected chi connectivity index (χ0v) is 16.1. The molecule has 0 unspecified atom stereocenters. The van der Waals surface area contributed by atoms with Crippen molar-refractivity contribution in [2.45, 2.75) is 64.1 Å². The molecule has 0 radical (unpaired) electrons. The van der Waals surface area contributed by atoms with Gasteiger partial charge in [-0.05, 0) is 39.5 Å². The second-order valence-corrected chi connectivity index (χ2v) is 7.83. The molecule has 8 heteroatoms. The number of amides is 1. The highest BCUT2D eigenvalue weighted by Crippen LogP contribution is 2.39. The number of aromatic nitrogens is 5. The van der Waals surface area contributed by atoms with E-state index in [2.05, 4.69) is 19.7 Å². The molecule has 4 rings (SSSR count).